The highest BCUT2D eigenvalue weighted by Crippen LogP contribution is 2.29. The van der Waals surface area contributed by atoms with Gasteiger partial charge >= 0.3 is 0 Å². The number of anilines is 1. The number of carbonyl (C=O) groups excluding carboxylic acids is 1. The van der Waals surface area contributed by atoms with Gasteiger partial charge in [-0.25, -0.2) is 4.98 Å². The second-order valence-corrected chi connectivity index (χ2v) is 7.22. The number of amides is 1. The summed E-state index contributed by atoms with van der Waals surface area (Å²) >= 11 is 0. The van der Waals surface area contributed by atoms with Gasteiger partial charge < -0.3 is 9.42 Å². The van der Waals surface area contributed by atoms with Crippen molar-refractivity contribution in [2.24, 2.45) is 0 Å². The van der Waals surface area contributed by atoms with Crippen molar-refractivity contribution in [3.8, 4) is 11.5 Å². The highest BCUT2D eigenvalue weighted by Gasteiger charge is 2.35. The lowest BCUT2D eigenvalue weighted by atomic mass is 9.99. The second-order valence-electron chi connectivity index (χ2n) is 7.22. The predicted octanol–water partition coefficient (Wildman–Crippen LogP) is 1.91. The molecule has 3 aromatic rings. The molecule has 0 bridgehead atoms. The Morgan fingerprint density at radius 3 is 2.96 bits per heavy atom. The molecule has 0 N–H and O–H groups in total. The predicted molar refractivity (Wildman–Crippen MR) is 102 cm³/mol. The molecule has 1 saturated heterocycles. The first-order valence-electron chi connectivity index (χ1n) is 9.48. The van der Waals surface area contributed by atoms with Gasteiger partial charge in [-0.3, -0.25) is 14.7 Å². The van der Waals surface area contributed by atoms with E-state index < -0.39 is 0 Å². The van der Waals surface area contributed by atoms with Gasteiger partial charge in [0.15, 0.2) is 0 Å². The van der Waals surface area contributed by atoms with Crippen LogP contribution in [0.15, 0.2) is 47.4 Å². The van der Waals surface area contributed by atoms with E-state index in [-0.39, 0.29) is 11.8 Å². The molecule has 0 atom stereocenters. The minimum atomic E-state index is 0.149. The Hall–Kier alpha value is -3.13. The quantitative estimate of drug-likeness (QED) is 0.687. The van der Waals surface area contributed by atoms with E-state index in [2.05, 4.69) is 31.1 Å². The van der Waals surface area contributed by atoms with Crippen LogP contribution in [0.5, 0.6) is 0 Å². The molecule has 142 valence electrons. The lowest BCUT2D eigenvalue weighted by Gasteiger charge is -2.38. The van der Waals surface area contributed by atoms with E-state index in [0.29, 0.717) is 24.0 Å². The molecule has 5 rings (SSSR count). The largest absolute Gasteiger partial charge is 0.339 e. The molecule has 1 fully saturated rings. The van der Waals surface area contributed by atoms with Gasteiger partial charge in [0.1, 0.15) is 5.69 Å². The normalized spacial score (nSPS) is 17.2. The van der Waals surface area contributed by atoms with Crippen molar-refractivity contribution in [2.75, 3.05) is 31.1 Å². The summed E-state index contributed by atoms with van der Waals surface area (Å²) in [5, 5.41) is 3.99. The van der Waals surface area contributed by atoms with Crippen LogP contribution in [0.1, 0.15) is 23.8 Å². The van der Waals surface area contributed by atoms with Crippen molar-refractivity contribution in [2.45, 2.75) is 18.8 Å². The Kier molecular flexibility index (Phi) is 4.32. The van der Waals surface area contributed by atoms with Gasteiger partial charge in [0.25, 0.3) is 0 Å². The number of carbonyl (C=O) groups is 1. The van der Waals surface area contributed by atoms with Crippen LogP contribution >= 0.6 is 0 Å². The second kappa shape index (κ2) is 7.12. The average molecular weight is 376 g/mol. The van der Waals surface area contributed by atoms with E-state index >= 15 is 0 Å². The van der Waals surface area contributed by atoms with Gasteiger partial charge in [0, 0.05) is 37.7 Å². The molecule has 0 aliphatic carbocycles. The number of hydrogen-bond acceptors (Lipinski definition) is 7. The van der Waals surface area contributed by atoms with Crippen LogP contribution in [-0.2, 0) is 11.2 Å². The number of nitrogens with zero attached hydrogens (tertiary/aromatic N) is 6. The fourth-order valence-corrected chi connectivity index (χ4v) is 3.84. The standard InChI is InChI=1S/C20H20N6O2/c27-18(26-9-3-5-14-4-1-2-6-17(14)26)13-25-11-15(12-25)20-23-19(24-28-20)16-10-21-7-8-22-16/h1-2,4,6-8,10,15H,3,5,9,11-13H2. The molecule has 1 aromatic carbocycles. The highest BCUT2D eigenvalue weighted by atomic mass is 16.5. The number of aromatic nitrogens is 4. The van der Waals surface area contributed by atoms with Crippen molar-refractivity contribution in [3.05, 3.63) is 54.3 Å². The molecule has 8 heteroatoms. The van der Waals surface area contributed by atoms with Crippen LogP contribution in [0.2, 0.25) is 0 Å². The zero-order valence-electron chi connectivity index (χ0n) is 15.4. The van der Waals surface area contributed by atoms with Gasteiger partial charge in [0.2, 0.25) is 17.6 Å². The van der Waals surface area contributed by atoms with Gasteiger partial charge in [-0.2, -0.15) is 4.98 Å². The van der Waals surface area contributed by atoms with Crippen molar-refractivity contribution in [3.63, 3.8) is 0 Å². The molecule has 0 spiro atoms. The molecule has 0 saturated carbocycles. The van der Waals surface area contributed by atoms with Crippen molar-refractivity contribution >= 4 is 11.6 Å². The number of likely N-dealkylation sites (tertiary alicyclic amines) is 1. The summed E-state index contributed by atoms with van der Waals surface area (Å²) in [5.41, 5.74) is 2.90. The summed E-state index contributed by atoms with van der Waals surface area (Å²) in [5.74, 6) is 1.34. The number of aryl methyl sites for hydroxylation is 1. The minimum absolute atomic E-state index is 0.149. The fraction of sp³-hybridized carbons (Fsp3) is 0.350. The molecule has 2 aliphatic heterocycles. The number of rotatable bonds is 4. The molecule has 8 nitrogen and oxygen atoms in total. The van der Waals surface area contributed by atoms with Crippen molar-refractivity contribution < 1.29 is 9.32 Å². The zero-order chi connectivity index (χ0) is 18.9. The summed E-state index contributed by atoms with van der Waals surface area (Å²) in [6.45, 7) is 2.68. The van der Waals surface area contributed by atoms with E-state index in [0.717, 1.165) is 38.2 Å². The summed E-state index contributed by atoms with van der Waals surface area (Å²) in [4.78, 5) is 29.5. The Bertz CT molecular complexity index is 983. The monoisotopic (exact) mass is 376 g/mol. The first-order chi connectivity index (χ1) is 13.8. The maximum absolute atomic E-state index is 12.8. The Labute approximate surface area is 162 Å². The number of benzene rings is 1. The molecule has 0 unspecified atom stereocenters. The Morgan fingerprint density at radius 1 is 1.21 bits per heavy atom. The molecule has 0 radical (unpaired) electrons. The van der Waals surface area contributed by atoms with Crippen LogP contribution < -0.4 is 4.90 Å². The lowest BCUT2D eigenvalue weighted by molar-refractivity contribution is -0.121. The van der Waals surface area contributed by atoms with Crippen LogP contribution in [0.4, 0.5) is 5.69 Å². The third-order valence-electron chi connectivity index (χ3n) is 5.31. The van der Waals surface area contributed by atoms with Crippen LogP contribution in [-0.4, -0.2) is 57.1 Å². The number of hydrogen-bond donors (Lipinski definition) is 0. The third kappa shape index (κ3) is 3.16. The molecule has 28 heavy (non-hydrogen) atoms. The van der Waals surface area contributed by atoms with Crippen LogP contribution in [0, 0.1) is 0 Å². The lowest BCUT2D eigenvalue weighted by Crippen LogP contribution is -2.51. The molecule has 2 aliphatic rings. The Morgan fingerprint density at radius 2 is 2.11 bits per heavy atom. The van der Waals surface area contributed by atoms with Gasteiger partial charge in [-0.1, -0.05) is 23.4 Å². The van der Waals surface area contributed by atoms with Crippen molar-refractivity contribution in [1.82, 2.24) is 25.0 Å². The SMILES string of the molecule is O=C(CN1CC(c2nc(-c3cnccn3)no2)C1)N1CCCc2ccccc21. The van der Waals surface area contributed by atoms with E-state index in [4.69, 9.17) is 4.52 Å². The average Bonchev–Trinajstić information content (AvgIpc) is 3.20. The van der Waals surface area contributed by atoms with Crippen LogP contribution in [0.3, 0.4) is 0 Å². The molecular formula is C20H20N6O2. The van der Waals surface area contributed by atoms with Gasteiger partial charge in [-0.15, -0.1) is 0 Å². The van der Waals surface area contributed by atoms with E-state index in [1.165, 1.54) is 5.56 Å². The molecule has 1 amide bonds. The maximum atomic E-state index is 12.8. The Balaban J connectivity index is 1.19. The highest BCUT2D eigenvalue weighted by molar-refractivity contribution is 5.96. The third-order valence-corrected chi connectivity index (χ3v) is 5.31. The first-order valence-corrected chi connectivity index (χ1v) is 9.48. The fourth-order valence-electron chi connectivity index (χ4n) is 3.84. The van der Waals surface area contributed by atoms with Crippen LogP contribution in [0.25, 0.3) is 11.5 Å². The number of para-hydroxylation sites is 1. The summed E-state index contributed by atoms with van der Waals surface area (Å²) in [6.07, 6.45) is 6.86. The minimum Gasteiger partial charge on any atom is -0.339 e. The smallest absolute Gasteiger partial charge is 0.241 e. The topological polar surface area (TPSA) is 88.2 Å². The first kappa shape index (κ1) is 17.0. The number of fused-ring (bicyclic) bond motifs is 1. The van der Waals surface area contributed by atoms with E-state index in [1.54, 1.807) is 18.6 Å². The van der Waals surface area contributed by atoms with Crippen molar-refractivity contribution in [1.29, 1.82) is 0 Å². The zero-order valence-corrected chi connectivity index (χ0v) is 15.4. The van der Waals surface area contributed by atoms with E-state index in [1.807, 2.05) is 23.1 Å². The molecule has 2 aromatic heterocycles. The maximum Gasteiger partial charge on any atom is 0.241 e. The van der Waals surface area contributed by atoms with Gasteiger partial charge in [-0.05, 0) is 24.5 Å². The molecule has 4 heterocycles. The van der Waals surface area contributed by atoms with Gasteiger partial charge in [0.05, 0.1) is 18.7 Å². The van der Waals surface area contributed by atoms with E-state index in [9.17, 15) is 4.79 Å². The summed E-state index contributed by atoms with van der Waals surface area (Å²) in [7, 11) is 0. The summed E-state index contributed by atoms with van der Waals surface area (Å²) < 4.78 is 5.39. The summed E-state index contributed by atoms with van der Waals surface area (Å²) in [6, 6.07) is 8.18. The molecular weight excluding hydrogens is 356 g/mol.